The van der Waals surface area contributed by atoms with Crippen LogP contribution in [0, 0.1) is 0 Å². The van der Waals surface area contributed by atoms with Crippen LogP contribution in [0.2, 0.25) is 0 Å². The Morgan fingerprint density at radius 1 is 1.00 bits per heavy atom. The van der Waals surface area contributed by atoms with Gasteiger partial charge in [0.1, 0.15) is 5.82 Å². The molecule has 6 heteroatoms. The van der Waals surface area contributed by atoms with E-state index in [0.29, 0.717) is 18.0 Å². The Bertz CT molecular complexity index is 1260. The number of carbonyl (C=O) groups is 1. The van der Waals surface area contributed by atoms with Crippen molar-refractivity contribution >= 4 is 22.6 Å². The minimum absolute atomic E-state index is 0.140. The Labute approximate surface area is 187 Å². The molecule has 2 heterocycles. The van der Waals surface area contributed by atoms with Crippen LogP contribution in [-0.2, 0) is 6.54 Å². The van der Waals surface area contributed by atoms with E-state index in [1.807, 2.05) is 60.7 Å². The number of piperidine rings is 1. The second-order valence-corrected chi connectivity index (χ2v) is 8.32. The molecule has 0 radical (unpaired) electrons. The molecule has 6 nitrogen and oxygen atoms in total. The zero-order chi connectivity index (χ0) is 21.9. The number of nitrogens with one attached hydrogen (secondary N) is 3. The molecule has 162 valence electrons. The van der Waals surface area contributed by atoms with Crippen LogP contribution < -0.4 is 16.4 Å². The lowest BCUT2D eigenvalue weighted by atomic mass is 9.98. The number of aromatic nitrogens is 2. The van der Waals surface area contributed by atoms with Crippen LogP contribution in [0.5, 0.6) is 0 Å². The van der Waals surface area contributed by atoms with Crippen molar-refractivity contribution in [1.29, 1.82) is 0 Å². The number of amides is 1. The number of imidazole rings is 1. The van der Waals surface area contributed by atoms with Gasteiger partial charge in [-0.15, -0.1) is 0 Å². The summed E-state index contributed by atoms with van der Waals surface area (Å²) in [5.74, 6) is 1.36. The highest BCUT2D eigenvalue weighted by Crippen LogP contribution is 2.27. The molecule has 0 aliphatic carbocycles. The third-order valence-corrected chi connectivity index (χ3v) is 6.10. The van der Waals surface area contributed by atoms with Gasteiger partial charge in [0.05, 0.1) is 11.0 Å². The second kappa shape index (κ2) is 8.94. The van der Waals surface area contributed by atoms with Crippen molar-refractivity contribution in [3.8, 4) is 11.1 Å². The van der Waals surface area contributed by atoms with E-state index in [1.165, 1.54) is 0 Å². The number of fused-ring (bicyclic) bond motifs is 1. The zero-order valence-corrected chi connectivity index (χ0v) is 17.9. The van der Waals surface area contributed by atoms with E-state index < -0.39 is 0 Å². The monoisotopic (exact) mass is 425 g/mol. The Morgan fingerprint density at radius 3 is 2.59 bits per heavy atom. The molecule has 3 aromatic carbocycles. The van der Waals surface area contributed by atoms with Gasteiger partial charge in [-0.2, -0.15) is 0 Å². The van der Waals surface area contributed by atoms with Gasteiger partial charge in [-0.05, 0) is 79.0 Å². The molecule has 0 bridgehead atoms. The van der Waals surface area contributed by atoms with Gasteiger partial charge in [0.2, 0.25) is 0 Å². The van der Waals surface area contributed by atoms with Crippen molar-refractivity contribution in [3.63, 3.8) is 0 Å². The molecule has 1 aliphatic heterocycles. The first-order valence-electron chi connectivity index (χ1n) is 11.1. The van der Waals surface area contributed by atoms with Crippen LogP contribution in [0.1, 0.15) is 40.5 Å². The van der Waals surface area contributed by atoms with Crippen molar-refractivity contribution in [2.45, 2.75) is 25.3 Å². The maximum absolute atomic E-state index is 12.9. The maximum atomic E-state index is 12.9. The number of benzene rings is 3. The molecule has 5 N–H and O–H groups in total. The molecule has 1 amide bonds. The average Bonchev–Trinajstić information content (AvgIpc) is 3.28. The number of anilines is 1. The van der Waals surface area contributed by atoms with Gasteiger partial charge < -0.3 is 21.4 Å². The summed E-state index contributed by atoms with van der Waals surface area (Å²) in [7, 11) is 0. The van der Waals surface area contributed by atoms with E-state index in [-0.39, 0.29) is 5.91 Å². The molecule has 1 aliphatic rings. The van der Waals surface area contributed by atoms with Gasteiger partial charge in [-0.1, -0.05) is 30.3 Å². The normalized spacial score (nSPS) is 14.5. The Kier molecular flexibility index (Phi) is 5.71. The highest BCUT2D eigenvalue weighted by molar-refractivity contribution is 6.05. The van der Waals surface area contributed by atoms with E-state index in [0.717, 1.165) is 65.2 Å². The SMILES string of the molecule is NCc1cccc(-c2cccc(C(=O)Nc3ccc4nc(C5CCNCC5)[nH]c4c3)c2)c1. The lowest BCUT2D eigenvalue weighted by Crippen LogP contribution is -2.27. The Hall–Kier alpha value is -3.48. The maximum Gasteiger partial charge on any atom is 0.255 e. The van der Waals surface area contributed by atoms with Crippen molar-refractivity contribution in [2.24, 2.45) is 5.73 Å². The largest absolute Gasteiger partial charge is 0.342 e. The molecule has 1 aromatic heterocycles. The summed E-state index contributed by atoms with van der Waals surface area (Å²) in [6.07, 6.45) is 2.18. The standard InChI is InChI=1S/C26H27N5O/c27-16-17-3-1-4-19(13-17)20-5-2-6-21(14-20)26(32)29-22-7-8-23-24(15-22)31-25(30-23)18-9-11-28-12-10-18/h1-8,13-15,18,28H,9-12,16,27H2,(H,29,32)(H,30,31). The molecular formula is C26H27N5O. The van der Waals surface area contributed by atoms with Crippen molar-refractivity contribution < 1.29 is 4.79 Å². The van der Waals surface area contributed by atoms with E-state index >= 15 is 0 Å². The summed E-state index contributed by atoms with van der Waals surface area (Å²) < 4.78 is 0. The smallest absolute Gasteiger partial charge is 0.255 e. The van der Waals surface area contributed by atoms with Crippen LogP contribution in [0.4, 0.5) is 5.69 Å². The number of aromatic amines is 1. The number of carbonyl (C=O) groups excluding carboxylic acids is 1. The fraction of sp³-hybridized carbons (Fsp3) is 0.231. The molecule has 4 aromatic rings. The fourth-order valence-corrected chi connectivity index (χ4v) is 4.32. The first-order chi connectivity index (χ1) is 15.7. The van der Waals surface area contributed by atoms with Crippen molar-refractivity contribution in [3.05, 3.63) is 83.7 Å². The first-order valence-corrected chi connectivity index (χ1v) is 11.1. The van der Waals surface area contributed by atoms with Gasteiger partial charge in [0.25, 0.3) is 5.91 Å². The van der Waals surface area contributed by atoms with Crippen LogP contribution in [0.25, 0.3) is 22.2 Å². The number of hydrogen-bond acceptors (Lipinski definition) is 4. The lowest BCUT2D eigenvalue weighted by Gasteiger charge is -2.20. The third-order valence-electron chi connectivity index (χ3n) is 6.10. The summed E-state index contributed by atoms with van der Waals surface area (Å²) in [6.45, 7) is 2.54. The molecule has 0 atom stereocenters. The van der Waals surface area contributed by atoms with Crippen LogP contribution in [0.15, 0.2) is 66.7 Å². The molecule has 1 saturated heterocycles. The van der Waals surface area contributed by atoms with Gasteiger partial charge in [-0.3, -0.25) is 4.79 Å². The predicted molar refractivity (Wildman–Crippen MR) is 129 cm³/mol. The van der Waals surface area contributed by atoms with Crippen molar-refractivity contribution in [1.82, 2.24) is 15.3 Å². The van der Waals surface area contributed by atoms with Crippen molar-refractivity contribution in [2.75, 3.05) is 18.4 Å². The van der Waals surface area contributed by atoms with Crippen LogP contribution in [0.3, 0.4) is 0 Å². The number of rotatable bonds is 5. The average molecular weight is 426 g/mol. The highest BCUT2D eigenvalue weighted by Gasteiger charge is 2.19. The molecule has 32 heavy (non-hydrogen) atoms. The molecule has 5 rings (SSSR count). The third kappa shape index (κ3) is 4.28. The summed E-state index contributed by atoms with van der Waals surface area (Å²) in [5.41, 5.74) is 12.1. The summed E-state index contributed by atoms with van der Waals surface area (Å²) in [6, 6.07) is 21.6. The van der Waals surface area contributed by atoms with Gasteiger partial charge in [0, 0.05) is 23.7 Å². The zero-order valence-electron chi connectivity index (χ0n) is 17.9. The van der Waals surface area contributed by atoms with E-state index in [2.05, 4.69) is 21.7 Å². The van der Waals surface area contributed by atoms with Gasteiger partial charge >= 0.3 is 0 Å². The molecule has 0 unspecified atom stereocenters. The van der Waals surface area contributed by atoms with Gasteiger partial charge in [0.15, 0.2) is 0 Å². The predicted octanol–water partition coefficient (Wildman–Crippen LogP) is 4.41. The minimum Gasteiger partial charge on any atom is -0.342 e. The van der Waals surface area contributed by atoms with E-state index in [1.54, 1.807) is 0 Å². The summed E-state index contributed by atoms with van der Waals surface area (Å²) in [5, 5.41) is 6.41. The number of nitrogens with two attached hydrogens (primary N) is 1. The van der Waals surface area contributed by atoms with Gasteiger partial charge in [-0.25, -0.2) is 4.98 Å². The highest BCUT2D eigenvalue weighted by atomic mass is 16.1. The van der Waals surface area contributed by atoms with E-state index in [9.17, 15) is 4.79 Å². The second-order valence-electron chi connectivity index (χ2n) is 8.32. The number of nitrogens with zero attached hydrogens (tertiary/aromatic N) is 1. The van der Waals surface area contributed by atoms with Crippen LogP contribution >= 0.6 is 0 Å². The Morgan fingerprint density at radius 2 is 1.78 bits per heavy atom. The van der Waals surface area contributed by atoms with E-state index in [4.69, 9.17) is 10.7 Å². The quantitative estimate of drug-likeness (QED) is 0.381. The summed E-state index contributed by atoms with van der Waals surface area (Å²) >= 11 is 0. The number of H-pyrrole nitrogens is 1. The summed E-state index contributed by atoms with van der Waals surface area (Å²) in [4.78, 5) is 21.2. The molecule has 1 fully saturated rings. The molecular weight excluding hydrogens is 398 g/mol. The minimum atomic E-state index is -0.140. The topological polar surface area (TPSA) is 95.8 Å². The fourth-order valence-electron chi connectivity index (χ4n) is 4.32. The Balaban J connectivity index is 1.35. The lowest BCUT2D eigenvalue weighted by molar-refractivity contribution is 0.102. The first kappa shape index (κ1) is 20.4. The molecule has 0 saturated carbocycles. The number of hydrogen-bond donors (Lipinski definition) is 4. The molecule has 0 spiro atoms. The van der Waals surface area contributed by atoms with Crippen LogP contribution in [-0.4, -0.2) is 29.0 Å².